The molecular weight excluding hydrogens is 231 g/mol. The molecule has 6 nitrogen and oxygen atoms in total. The normalized spacial score (nSPS) is 14.5. The van der Waals surface area contributed by atoms with Crippen molar-refractivity contribution in [3.8, 4) is 0 Å². The molecule has 0 saturated carbocycles. The number of alkyl halides is 1. The third-order valence-corrected chi connectivity index (χ3v) is 2.38. The number of hydrogen-bond donors (Lipinski definition) is 1. The van der Waals surface area contributed by atoms with Crippen LogP contribution in [0.5, 0.6) is 0 Å². The predicted octanol–water partition coefficient (Wildman–Crippen LogP) is 0.871. The molecule has 0 saturated heterocycles. The maximum atomic E-state index is 10.7. The average Bonchev–Trinajstić information content (AvgIpc) is 2.17. The van der Waals surface area contributed by atoms with E-state index in [9.17, 15) is 4.79 Å². The quantitative estimate of drug-likeness (QED) is 0.477. The molecule has 1 aromatic heterocycles. The van der Waals surface area contributed by atoms with Crippen molar-refractivity contribution in [2.45, 2.75) is 11.9 Å². The summed E-state index contributed by atoms with van der Waals surface area (Å²) in [7, 11) is 0. The van der Waals surface area contributed by atoms with Crippen LogP contribution in [0.4, 0.5) is 5.82 Å². The Balaban J connectivity index is 2.96. The van der Waals surface area contributed by atoms with Crippen LogP contribution in [-0.2, 0) is 4.79 Å². The van der Waals surface area contributed by atoms with Crippen LogP contribution in [0, 0.1) is 0 Å². The summed E-state index contributed by atoms with van der Waals surface area (Å²) in [6.07, 6.45) is 1.33. The monoisotopic (exact) mass is 236 g/mol. The van der Waals surface area contributed by atoms with Gasteiger partial charge in [0.25, 0.3) is 0 Å². The summed E-state index contributed by atoms with van der Waals surface area (Å²) in [5.74, 6) is -1.17. The molecule has 0 amide bonds. The average molecular weight is 237 g/mol. The van der Waals surface area contributed by atoms with Crippen LogP contribution in [0.2, 0.25) is 0 Å². The van der Waals surface area contributed by atoms with Gasteiger partial charge in [0.15, 0.2) is 5.82 Å². The third-order valence-electron chi connectivity index (χ3n) is 1.45. The van der Waals surface area contributed by atoms with Crippen molar-refractivity contribution in [2.24, 2.45) is 0 Å². The van der Waals surface area contributed by atoms with Crippen molar-refractivity contribution in [3.63, 3.8) is 0 Å². The van der Waals surface area contributed by atoms with Crippen LogP contribution in [0.25, 0.3) is 0 Å². The van der Waals surface area contributed by atoms with E-state index < -0.39 is 11.0 Å². The molecule has 0 fully saturated rings. The number of rotatable bonds is 3. The van der Waals surface area contributed by atoms with E-state index in [4.69, 9.17) is 28.5 Å². The number of aromatic nitrogens is 3. The minimum Gasteiger partial charge on any atom is -0.479 e. The molecule has 8 heteroatoms. The fourth-order valence-electron chi connectivity index (χ4n) is 0.639. The maximum absolute atomic E-state index is 10.7. The van der Waals surface area contributed by atoms with Gasteiger partial charge in [-0.2, -0.15) is 0 Å². The molecule has 0 aliphatic carbocycles. The van der Waals surface area contributed by atoms with Crippen LogP contribution in [0.3, 0.4) is 0 Å². The first kappa shape index (κ1) is 10.9. The van der Waals surface area contributed by atoms with Gasteiger partial charge in [0, 0.05) is 17.8 Å². The maximum Gasteiger partial charge on any atom is 0.346 e. The molecule has 0 spiro atoms. The molecule has 1 rings (SSSR count). The van der Waals surface area contributed by atoms with Gasteiger partial charge in [-0.3, -0.25) is 0 Å². The highest BCUT2D eigenvalue weighted by molar-refractivity contribution is 6.42. The molecule has 0 unspecified atom stereocenters. The van der Waals surface area contributed by atoms with E-state index in [2.05, 4.69) is 15.4 Å². The first-order valence-electron chi connectivity index (χ1n) is 3.49. The van der Waals surface area contributed by atoms with Crippen LogP contribution < -0.4 is 4.42 Å². The summed E-state index contributed by atoms with van der Waals surface area (Å²) in [5.41, 5.74) is 0. The van der Waals surface area contributed by atoms with Crippen molar-refractivity contribution < 1.29 is 9.90 Å². The molecule has 1 N–H and O–H groups in total. The number of carboxylic acid groups (broad SMARTS) is 1. The molecule has 0 bridgehead atoms. The Kier molecular flexibility index (Phi) is 3.07. The van der Waals surface area contributed by atoms with Gasteiger partial charge >= 0.3 is 5.97 Å². The third kappa shape index (κ3) is 2.02. The summed E-state index contributed by atoms with van der Waals surface area (Å²) in [6.45, 7) is 1.23. The van der Waals surface area contributed by atoms with Crippen molar-refractivity contribution in [3.05, 3.63) is 12.3 Å². The van der Waals surface area contributed by atoms with Crippen LogP contribution in [-0.4, -0.2) is 31.5 Å². The lowest BCUT2D eigenvalue weighted by Gasteiger charge is -2.25. The predicted molar refractivity (Wildman–Crippen MR) is 50.1 cm³/mol. The van der Waals surface area contributed by atoms with Gasteiger partial charge in [0.2, 0.25) is 5.00 Å². The second kappa shape index (κ2) is 3.93. The van der Waals surface area contributed by atoms with Crippen LogP contribution >= 0.6 is 23.4 Å². The first-order valence-corrected chi connectivity index (χ1v) is 4.20. The van der Waals surface area contributed by atoms with Gasteiger partial charge in [-0.05, 0) is 12.1 Å². The minimum absolute atomic E-state index is 0.113. The molecule has 0 radical (unpaired) electrons. The number of aliphatic carboxylic acids is 1. The molecule has 0 aliphatic heterocycles. The lowest BCUT2D eigenvalue weighted by molar-refractivity contribution is -0.139. The molecule has 1 heterocycles. The zero-order valence-corrected chi connectivity index (χ0v) is 8.57. The van der Waals surface area contributed by atoms with E-state index in [1.165, 1.54) is 19.2 Å². The van der Waals surface area contributed by atoms with E-state index in [0.29, 0.717) is 0 Å². The van der Waals surface area contributed by atoms with Crippen molar-refractivity contribution in [2.75, 3.05) is 4.42 Å². The number of halogens is 2. The Bertz CT molecular complexity index is 332. The minimum atomic E-state index is -1.78. The summed E-state index contributed by atoms with van der Waals surface area (Å²) in [5, 5.41) is 19.0. The van der Waals surface area contributed by atoms with Crippen LogP contribution in [0.1, 0.15) is 6.92 Å². The van der Waals surface area contributed by atoms with E-state index in [0.717, 1.165) is 4.42 Å². The van der Waals surface area contributed by atoms with Crippen LogP contribution in [0.15, 0.2) is 12.3 Å². The molecule has 14 heavy (non-hydrogen) atoms. The Labute approximate surface area is 89.6 Å². The van der Waals surface area contributed by atoms with Crippen molar-refractivity contribution in [1.29, 1.82) is 0 Å². The second-order valence-corrected chi connectivity index (χ2v) is 3.59. The first-order chi connectivity index (χ1) is 6.46. The van der Waals surface area contributed by atoms with E-state index in [-0.39, 0.29) is 5.82 Å². The van der Waals surface area contributed by atoms with E-state index in [1.807, 2.05) is 0 Å². The van der Waals surface area contributed by atoms with Gasteiger partial charge < -0.3 is 5.11 Å². The molecule has 1 aromatic rings. The number of carbonyl (C=O) groups is 1. The topological polar surface area (TPSA) is 79.2 Å². The van der Waals surface area contributed by atoms with Gasteiger partial charge in [0.1, 0.15) is 0 Å². The van der Waals surface area contributed by atoms with Gasteiger partial charge in [0.05, 0.1) is 6.20 Å². The molecule has 1 atom stereocenters. The molecule has 0 aliphatic rings. The molecular formula is C6H6Cl2N4O2. The van der Waals surface area contributed by atoms with Crippen molar-refractivity contribution in [1.82, 2.24) is 15.4 Å². The highest BCUT2D eigenvalue weighted by Gasteiger charge is 2.38. The Morgan fingerprint density at radius 1 is 1.71 bits per heavy atom. The highest BCUT2D eigenvalue weighted by Crippen LogP contribution is 2.27. The SMILES string of the molecule is C[C@@](Cl)(C(=O)O)N(Cl)c1ccnnn1. The van der Waals surface area contributed by atoms with Gasteiger partial charge in [-0.1, -0.05) is 11.6 Å². The molecule has 76 valence electrons. The lowest BCUT2D eigenvalue weighted by Crippen LogP contribution is -2.43. The largest absolute Gasteiger partial charge is 0.479 e. The second-order valence-electron chi connectivity index (χ2n) is 2.52. The fraction of sp³-hybridized carbons (Fsp3) is 0.333. The lowest BCUT2D eigenvalue weighted by atomic mass is 10.3. The summed E-state index contributed by atoms with van der Waals surface area (Å²) < 4.78 is 0.769. The number of hydrogen-bond acceptors (Lipinski definition) is 5. The smallest absolute Gasteiger partial charge is 0.346 e. The standard InChI is InChI=1S/C6H6Cl2N4O2/c1-6(7,5(13)14)12(8)4-2-3-9-11-10-4/h2-3H,1H3,(H,13,14)/t6-/m0/s1. The number of carboxylic acids is 1. The summed E-state index contributed by atoms with van der Waals surface area (Å²) in [6, 6.07) is 1.39. The van der Waals surface area contributed by atoms with Gasteiger partial charge in [-0.15, -0.1) is 10.2 Å². The Morgan fingerprint density at radius 3 is 2.79 bits per heavy atom. The zero-order valence-electron chi connectivity index (χ0n) is 7.05. The van der Waals surface area contributed by atoms with E-state index in [1.54, 1.807) is 0 Å². The summed E-state index contributed by atoms with van der Waals surface area (Å²) >= 11 is 11.3. The Hall–Kier alpha value is -1.14. The van der Waals surface area contributed by atoms with Crippen molar-refractivity contribution >= 4 is 35.2 Å². The zero-order chi connectivity index (χ0) is 10.8. The number of nitrogens with zero attached hydrogens (tertiary/aromatic N) is 4. The summed E-state index contributed by atoms with van der Waals surface area (Å²) in [4.78, 5) is 8.93. The Morgan fingerprint density at radius 2 is 2.36 bits per heavy atom. The highest BCUT2D eigenvalue weighted by atomic mass is 35.5. The van der Waals surface area contributed by atoms with E-state index >= 15 is 0 Å². The molecule has 0 aromatic carbocycles. The van der Waals surface area contributed by atoms with Gasteiger partial charge in [-0.25, -0.2) is 9.21 Å². The fourth-order valence-corrected chi connectivity index (χ4v) is 0.888. The number of anilines is 1.